The molecule has 148 valence electrons. The fourth-order valence-corrected chi connectivity index (χ4v) is 3.80. The van der Waals surface area contributed by atoms with Gasteiger partial charge < -0.3 is 15.0 Å². The van der Waals surface area contributed by atoms with Crippen LogP contribution in [0.3, 0.4) is 0 Å². The molecule has 1 aliphatic heterocycles. The fourth-order valence-electron chi connectivity index (χ4n) is 3.80. The average molecular weight is 380 g/mol. The highest BCUT2D eigenvalue weighted by Gasteiger charge is 2.31. The number of pyridine rings is 1. The van der Waals surface area contributed by atoms with E-state index in [0.717, 1.165) is 50.3 Å². The molecule has 1 saturated carbocycles. The first-order valence-corrected chi connectivity index (χ1v) is 10.1. The van der Waals surface area contributed by atoms with Gasteiger partial charge in [-0.1, -0.05) is 6.07 Å². The molecule has 1 saturated heterocycles. The van der Waals surface area contributed by atoms with Gasteiger partial charge in [-0.15, -0.1) is 0 Å². The molecule has 2 aliphatic rings. The molecule has 2 aromatic rings. The fraction of sp³-hybridized carbons (Fsp3) is 0.455. The number of methoxy groups -OCH3 is 1. The normalized spacial score (nSPS) is 18.5. The van der Waals surface area contributed by atoms with Crippen LogP contribution in [0.5, 0.6) is 5.75 Å². The van der Waals surface area contributed by atoms with Gasteiger partial charge in [-0.25, -0.2) is 0 Å². The lowest BCUT2D eigenvalue weighted by Gasteiger charge is -2.40. The summed E-state index contributed by atoms with van der Waals surface area (Å²) < 4.78 is 5.25. The minimum absolute atomic E-state index is 0.161. The number of hydrogen-bond acceptors (Lipinski definition) is 5. The van der Waals surface area contributed by atoms with E-state index in [1.54, 1.807) is 13.3 Å². The van der Waals surface area contributed by atoms with Crippen molar-refractivity contribution >= 4 is 11.6 Å². The lowest BCUT2D eigenvalue weighted by molar-refractivity contribution is -0.122. The van der Waals surface area contributed by atoms with Gasteiger partial charge in [0.15, 0.2) is 0 Å². The number of benzene rings is 1. The molecule has 4 rings (SSSR count). The molecule has 0 radical (unpaired) electrons. The number of rotatable bonds is 7. The van der Waals surface area contributed by atoms with Crippen LogP contribution in [-0.2, 0) is 4.79 Å². The maximum atomic E-state index is 12.1. The summed E-state index contributed by atoms with van der Waals surface area (Å²) >= 11 is 0. The zero-order chi connectivity index (χ0) is 19.3. The van der Waals surface area contributed by atoms with Crippen molar-refractivity contribution in [1.82, 2.24) is 15.2 Å². The highest BCUT2D eigenvalue weighted by Crippen LogP contribution is 2.29. The number of carbonyl (C=O) groups excluding carboxylic acids is 1. The second-order valence-electron chi connectivity index (χ2n) is 7.54. The number of carbonyl (C=O) groups is 1. The number of anilines is 1. The Morgan fingerprint density at radius 1 is 1.18 bits per heavy atom. The third-order valence-corrected chi connectivity index (χ3v) is 5.68. The first kappa shape index (κ1) is 18.7. The topological polar surface area (TPSA) is 57.7 Å². The van der Waals surface area contributed by atoms with Gasteiger partial charge in [-0.3, -0.25) is 14.7 Å². The largest absolute Gasteiger partial charge is 0.497 e. The SMILES string of the molecule is COc1ccc(N2CCN([C@@H](CNC(=O)C3CC3)c3cccnc3)CC2)cc1. The monoisotopic (exact) mass is 380 g/mol. The molecule has 6 nitrogen and oxygen atoms in total. The Kier molecular flexibility index (Phi) is 5.76. The molecule has 1 amide bonds. The van der Waals surface area contributed by atoms with E-state index in [1.807, 2.05) is 24.4 Å². The smallest absolute Gasteiger partial charge is 0.223 e. The molecule has 1 aromatic heterocycles. The summed E-state index contributed by atoms with van der Waals surface area (Å²) in [6.07, 6.45) is 5.78. The van der Waals surface area contributed by atoms with Crippen molar-refractivity contribution in [1.29, 1.82) is 0 Å². The van der Waals surface area contributed by atoms with Gasteiger partial charge in [0.1, 0.15) is 5.75 Å². The van der Waals surface area contributed by atoms with E-state index >= 15 is 0 Å². The number of nitrogens with zero attached hydrogens (tertiary/aromatic N) is 3. The maximum absolute atomic E-state index is 12.1. The van der Waals surface area contributed by atoms with Crippen molar-refractivity contribution in [2.45, 2.75) is 18.9 Å². The van der Waals surface area contributed by atoms with Crippen molar-refractivity contribution in [3.8, 4) is 5.75 Å². The first-order valence-electron chi connectivity index (χ1n) is 10.1. The van der Waals surface area contributed by atoms with Gasteiger partial charge in [0.2, 0.25) is 5.91 Å². The summed E-state index contributed by atoms with van der Waals surface area (Å²) in [4.78, 5) is 21.3. The summed E-state index contributed by atoms with van der Waals surface area (Å²) in [6, 6.07) is 12.5. The predicted octanol–water partition coefficient (Wildman–Crippen LogP) is 2.48. The average Bonchev–Trinajstić information content (AvgIpc) is 3.61. The Morgan fingerprint density at radius 2 is 1.93 bits per heavy atom. The van der Waals surface area contributed by atoms with Crippen LogP contribution < -0.4 is 15.0 Å². The van der Waals surface area contributed by atoms with Crippen LogP contribution in [0, 0.1) is 5.92 Å². The van der Waals surface area contributed by atoms with E-state index < -0.39 is 0 Å². The van der Waals surface area contributed by atoms with Crippen molar-refractivity contribution in [2.75, 3.05) is 44.7 Å². The zero-order valence-corrected chi connectivity index (χ0v) is 16.4. The third kappa shape index (κ3) is 4.44. The van der Waals surface area contributed by atoms with E-state index in [0.29, 0.717) is 6.54 Å². The van der Waals surface area contributed by atoms with Crippen LogP contribution >= 0.6 is 0 Å². The first-order chi connectivity index (χ1) is 13.7. The molecule has 1 N–H and O–H groups in total. The van der Waals surface area contributed by atoms with Crippen LogP contribution in [-0.4, -0.2) is 55.6 Å². The van der Waals surface area contributed by atoms with E-state index in [-0.39, 0.29) is 17.9 Å². The van der Waals surface area contributed by atoms with Gasteiger partial charge >= 0.3 is 0 Å². The molecule has 1 aromatic carbocycles. The molecule has 0 spiro atoms. The molecular formula is C22H28N4O2. The van der Waals surface area contributed by atoms with Gasteiger partial charge in [0, 0.05) is 56.7 Å². The third-order valence-electron chi connectivity index (χ3n) is 5.68. The van der Waals surface area contributed by atoms with Gasteiger partial charge in [-0.05, 0) is 48.7 Å². The number of nitrogens with one attached hydrogen (secondary N) is 1. The number of amides is 1. The zero-order valence-electron chi connectivity index (χ0n) is 16.4. The van der Waals surface area contributed by atoms with Crippen LogP contribution in [0.15, 0.2) is 48.8 Å². The lowest BCUT2D eigenvalue weighted by Crippen LogP contribution is -2.50. The van der Waals surface area contributed by atoms with E-state index in [1.165, 1.54) is 5.69 Å². The summed E-state index contributed by atoms with van der Waals surface area (Å²) in [6.45, 7) is 4.46. The van der Waals surface area contributed by atoms with Gasteiger partial charge in [0.25, 0.3) is 0 Å². The van der Waals surface area contributed by atoms with Gasteiger partial charge in [-0.2, -0.15) is 0 Å². The minimum atomic E-state index is 0.161. The molecule has 2 heterocycles. The van der Waals surface area contributed by atoms with Crippen LogP contribution in [0.1, 0.15) is 24.4 Å². The van der Waals surface area contributed by atoms with E-state index in [9.17, 15) is 4.79 Å². The van der Waals surface area contributed by atoms with Crippen molar-refractivity contribution in [3.05, 3.63) is 54.4 Å². The molecule has 28 heavy (non-hydrogen) atoms. The van der Waals surface area contributed by atoms with E-state index in [4.69, 9.17) is 4.74 Å². The number of ether oxygens (including phenoxy) is 1. The quantitative estimate of drug-likeness (QED) is 0.800. The number of hydrogen-bond donors (Lipinski definition) is 1. The molecule has 0 bridgehead atoms. The summed E-state index contributed by atoms with van der Waals surface area (Å²) in [7, 11) is 1.69. The Morgan fingerprint density at radius 3 is 2.54 bits per heavy atom. The molecule has 0 unspecified atom stereocenters. The summed E-state index contributed by atoms with van der Waals surface area (Å²) in [5.74, 6) is 1.32. The van der Waals surface area contributed by atoms with Crippen LogP contribution in [0.4, 0.5) is 5.69 Å². The molecule has 6 heteroatoms. The maximum Gasteiger partial charge on any atom is 0.223 e. The molecule has 1 atom stereocenters. The highest BCUT2D eigenvalue weighted by molar-refractivity contribution is 5.80. The second-order valence-corrected chi connectivity index (χ2v) is 7.54. The van der Waals surface area contributed by atoms with Crippen LogP contribution in [0.2, 0.25) is 0 Å². The number of aromatic nitrogens is 1. The minimum Gasteiger partial charge on any atom is -0.497 e. The number of piperazine rings is 1. The van der Waals surface area contributed by atoms with E-state index in [2.05, 4.69) is 38.3 Å². The Balaban J connectivity index is 1.40. The van der Waals surface area contributed by atoms with Crippen molar-refractivity contribution in [3.63, 3.8) is 0 Å². The standard InChI is InChI=1S/C22H28N4O2/c1-28-20-8-6-19(7-9-20)25-11-13-26(14-12-25)21(18-3-2-10-23-15-18)16-24-22(27)17-4-5-17/h2-3,6-10,15,17,21H,4-5,11-14,16H2,1H3,(H,24,27)/t21-/m0/s1. The van der Waals surface area contributed by atoms with Crippen molar-refractivity contribution in [2.24, 2.45) is 5.92 Å². The Labute approximate surface area is 166 Å². The van der Waals surface area contributed by atoms with Crippen molar-refractivity contribution < 1.29 is 9.53 Å². The van der Waals surface area contributed by atoms with Crippen LogP contribution in [0.25, 0.3) is 0 Å². The molecular weight excluding hydrogens is 352 g/mol. The van der Waals surface area contributed by atoms with Gasteiger partial charge in [0.05, 0.1) is 13.2 Å². The summed E-state index contributed by atoms with van der Waals surface area (Å²) in [5.41, 5.74) is 2.39. The Hall–Kier alpha value is -2.60. The molecule has 1 aliphatic carbocycles. The highest BCUT2D eigenvalue weighted by atomic mass is 16.5. The Bertz CT molecular complexity index is 769. The molecule has 2 fully saturated rings. The lowest BCUT2D eigenvalue weighted by atomic mass is 10.1. The predicted molar refractivity (Wildman–Crippen MR) is 109 cm³/mol. The summed E-state index contributed by atoms with van der Waals surface area (Å²) in [5, 5.41) is 3.16. The second kappa shape index (κ2) is 8.61.